The minimum atomic E-state index is -0.426. The molecule has 5 aromatic rings. The number of pyridine rings is 1. The normalized spacial score (nSPS) is 11.1. The van der Waals surface area contributed by atoms with Crippen LogP contribution in [0.4, 0.5) is 4.39 Å². The second-order valence-corrected chi connectivity index (χ2v) is 7.59. The van der Waals surface area contributed by atoms with Crippen molar-refractivity contribution in [1.29, 1.82) is 0 Å². The van der Waals surface area contributed by atoms with Gasteiger partial charge in [-0.25, -0.2) is 4.39 Å². The van der Waals surface area contributed by atoms with Crippen molar-refractivity contribution >= 4 is 26.7 Å². The fourth-order valence-electron chi connectivity index (χ4n) is 3.33. The third kappa shape index (κ3) is 3.23. The summed E-state index contributed by atoms with van der Waals surface area (Å²) in [4.78, 5) is 17.6. The molecule has 0 aliphatic heterocycles. The van der Waals surface area contributed by atoms with Gasteiger partial charge in [-0.05, 0) is 48.5 Å². The number of fused-ring (bicyclic) bond motifs is 1. The molecule has 0 spiro atoms. The Bertz CT molecular complexity index is 1440. The van der Waals surface area contributed by atoms with Crippen LogP contribution >= 0.6 is 15.9 Å². The van der Waals surface area contributed by atoms with E-state index >= 15 is 0 Å². The van der Waals surface area contributed by atoms with E-state index in [0.29, 0.717) is 27.8 Å². The van der Waals surface area contributed by atoms with E-state index in [4.69, 9.17) is 4.52 Å². The summed E-state index contributed by atoms with van der Waals surface area (Å²) >= 11 is 3.41. The van der Waals surface area contributed by atoms with Gasteiger partial charge in [0.15, 0.2) is 0 Å². The summed E-state index contributed by atoms with van der Waals surface area (Å²) in [7, 11) is 0. The van der Waals surface area contributed by atoms with Gasteiger partial charge in [0.25, 0.3) is 11.4 Å². The monoisotopic (exact) mass is 461 g/mol. The zero-order valence-corrected chi connectivity index (χ0v) is 17.0. The number of halogens is 2. The van der Waals surface area contributed by atoms with Crippen molar-refractivity contribution in [2.45, 2.75) is 0 Å². The van der Waals surface area contributed by atoms with Gasteiger partial charge in [0, 0.05) is 27.0 Å². The first kappa shape index (κ1) is 18.4. The molecule has 0 fully saturated rings. The lowest BCUT2D eigenvalue weighted by molar-refractivity contribution is 0.432. The van der Waals surface area contributed by atoms with Crippen LogP contribution in [0.3, 0.4) is 0 Å². The maximum atomic E-state index is 13.8. The summed E-state index contributed by atoms with van der Waals surface area (Å²) < 4.78 is 21.7. The highest BCUT2D eigenvalue weighted by atomic mass is 79.9. The van der Waals surface area contributed by atoms with Gasteiger partial charge in [0.05, 0.1) is 11.3 Å². The molecule has 7 heteroatoms. The first-order valence-electron chi connectivity index (χ1n) is 9.10. The van der Waals surface area contributed by atoms with Gasteiger partial charge in [0.1, 0.15) is 5.82 Å². The van der Waals surface area contributed by atoms with Crippen LogP contribution in [0.5, 0.6) is 0 Å². The highest BCUT2D eigenvalue weighted by Gasteiger charge is 2.17. The van der Waals surface area contributed by atoms with Gasteiger partial charge in [-0.1, -0.05) is 45.4 Å². The molecule has 0 saturated heterocycles. The molecule has 3 aromatic carbocycles. The Labute approximate surface area is 178 Å². The van der Waals surface area contributed by atoms with Crippen molar-refractivity contribution in [3.05, 3.63) is 99.6 Å². The molecule has 2 heterocycles. The molecule has 0 N–H and O–H groups in total. The molecule has 0 atom stereocenters. The number of aromatic nitrogens is 3. The average Bonchev–Trinajstić information content (AvgIpc) is 3.25. The van der Waals surface area contributed by atoms with E-state index in [2.05, 4.69) is 26.1 Å². The third-order valence-electron chi connectivity index (χ3n) is 4.77. The molecular weight excluding hydrogens is 449 g/mol. The van der Waals surface area contributed by atoms with E-state index in [9.17, 15) is 9.18 Å². The van der Waals surface area contributed by atoms with Crippen LogP contribution in [-0.4, -0.2) is 14.7 Å². The quantitative estimate of drug-likeness (QED) is 0.350. The largest absolute Gasteiger partial charge is 0.334 e. The standard InChI is InChI=1S/C23H13BrFN3O2/c24-15-10-8-14(9-11-15)21-26-22(30-27-21)20-13-28(17-5-3-4-16(25)12-17)23(29)19-7-2-1-6-18(19)20/h1-13H. The number of hydrogen-bond donors (Lipinski definition) is 0. The lowest BCUT2D eigenvalue weighted by atomic mass is 10.1. The molecule has 2 aromatic heterocycles. The second-order valence-electron chi connectivity index (χ2n) is 6.67. The summed E-state index contributed by atoms with van der Waals surface area (Å²) in [6.45, 7) is 0. The van der Waals surface area contributed by atoms with Crippen molar-refractivity contribution in [3.8, 4) is 28.5 Å². The summed E-state index contributed by atoms with van der Waals surface area (Å²) in [5.74, 6) is 0.281. The third-order valence-corrected chi connectivity index (χ3v) is 5.30. The highest BCUT2D eigenvalue weighted by molar-refractivity contribution is 9.10. The van der Waals surface area contributed by atoms with E-state index in [-0.39, 0.29) is 11.4 Å². The maximum absolute atomic E-state index is 13.8. The van der Waals surface area contributed by atoms with Crippen LogP contribution in [-0.2, 0) is 0 Å². The predicted octanol–water partition coefficient (Wildman–Crippen LogP) is 5.61. The summed E-state index contributed by atoms with van der Waals surface area (Å²) in [5.41, 5.74) is 1.55. The lowest BCUT2D eigenvalue weighted by Crippen LogP contribution is -2.18. The fourth-order valence-corrected chi connectivity index (χ4v) is 3.59. The lowest BCUT2D eigenvalue weighted by Gasteiger charge is -2.10. The van der Waals surface area contributed by atoms with Crippen LogP contribution in [0.1, 0.15) is 0 Å². The molecule has 0 radical (unpaired) electrons. The minimum Gasteiger partial charge on any atom is -0.334 e. The topological polar surface area (TPSA) is 60.9 Å². The summed E-state index contributed by atoms with van der Waals surface area (Å²) in [6, 6.07) is 20.6. The Hall–Kier alpha value is -3.58. The highest BCUT2D eigenvalue weighted by Crippen LogP contribution is 2.29. The molecule has 5 nitrogen and oxygen atoms in total. The second kappa shape index (κ2) is 7.35. The van der Waals surface area contributed by atoms with Gasteiger partial charge >= 0.3 is 0 Å². The number of rotatable bonds is 3. The van der Waals surface area contributed by atoms with Crippen molar-refractivity contribution < 1.29 is 8.91 Å². The summed E-state index contributed by atoms with van der Waals surface area (Å²) in [6.07, 6.45) is 1.61. The molecule has 0 amide bonds. The molecule has 0 aliphatic rings. The van der Waals surface area contributed by atoms with E-state index in [1.807, 2.05) is 36.4 Å². The Morgan fingerprint density at radius 1 is 0.933 bits per heavy atom. The Kier molecular flexibility index (Phi) is 4.52. The van der Waals surface area contributed by atoms with Crippen LogP contribution in [0, 0.1) is 5.82 Å². The van der Waals surface area contributed by atoms with Crippen molar-refractivity contribution in [1.82, 2.24) is 14.7 Å². The number of hydrogen-bond acceptors (Lipinski definition) is 4. The SMILES string of the molecule is O=c1c2ccccc2c(-c2nc(-c3ccc(Br)cc3)no2)cn1-c1cccc(F)c1. The number of nitrogens with zero attached hydrogens (tertiary/aromatic N) is 3. The molecule has 5 rings (SSSR count). The van der Waals surface area contributed by atoms with Gasteiger partial charge in [-0.15, -0.1) is 0 Å². The van der Waals surface area contributed by atoms with E-state index in [0.717, 1.165) is 10.0 Å². The summed E-state index contributed by atoms with van der Waals surface area (Å²) in [5, 5.41) is 5.25. The zero-order chi connectivity index (χ0) is 20.7. The number of benzene rings is 3. The molecule has 0 bridgehead atoms. The van der Waals surface area contributed by atoms with Crippen molar-refractivity contribution in [3.63, 3.8) is 0 Å². The first-order chi connectivity index (χ1) is 14.6. The molecule has 146 valence electrons. The van der Waals surface area contributed by atoms with Crippen molar-refractivity contribution in [2.75, 3.05) is 0 Å². The van der Waals surface area contributed by atoms with E-state index in [1.165, 1.54) is 16.7 Å². The molecule has 0 aliphatic carbocycles. The maximum Gasteiger partial charge on any atom is 0.262 e. The zero-order valence-electron chi connectivity index (χ0n) is 15.4. The predicted molar refractivity (Wildman–Crippen MR) is 116 cm³/mol. The average molecular weight is 462 g/mol. The fraction of sp³-hybridized carbons (Fsp3) is 0. The Morgan fingerprint density at radius 2 is 1.70 bits per heavy atom. The molecule has 0 unspecified atom stereocenters. The molecule has 30 heavy (non-hydrogen) atoms. The Balaban J connectivity index is 1.72. The van der Waals surface area contributed by atoms with Crippen LogP contribution in [0.2, 0.25) is 0 Å². The Morgan fingerprint density at radius 3 is 2.47 bits per heavy atom. The van der Waals surface area contributed by atoms with Gasteiger partial charge in [0.2, 0.25) is 5.82 Å². The minimum absolute atomic E-state index is 0.257. The van der Waals surface area contributed by atoms with E-state index < -0.39 is 5.82 Å². The van der Waals surface area contributed by atoms with Crippen molar-refractivity contribution in [2.24, 2.45) is 0 Å². The smallest absolute Gasteiger partial charge is 0.262 e. The molecular formula is C23H13BrFN3O2. The van der Waals surface area contributed by atoms with Gasteiger partial charge < -0.3 is 4.52 Å². The van der Waals surface area contributed by atoms with Crippen LogP contribution in [0.15, 0.2) is 92.8 Å². The van der Waals surface area contributed by atoms with Gasteiger partial charge in [-0.2, -0.15) is 4.98 Å². The van der Waals surface area contributed by atoms with Crippen LogP contribution < -0.4 is 5.56 Å². The van der Waals surface area contributed by atoms with E-state index in [1.54, 1.807) is 30.5 Å². The molecule has 0 saturated carbocycles. The van der Waals surface area contributed by atoms with Crippen LogP contribution in [0.25, 0.3) is 39.3 Å². The van der Waals surface area contributed by atoms with Gasteiger partial charge in [-0.3, -0.25) is 9.36 Å². The first-order valence-corrected chi connectivity index (χ1v) is 9.90.